The van der Waals surface area contributed by atoms with Crippen LogP contribution in [0.4, 0.5) is 10.8 Å². The van der Waals surface area contributed by atoms with Gasteiger partial charge in [0.25, 0.3) is 14.4 Å². The highest BCUT2D eigenvalue weighted by atomic mass is 79.9. The molecule has 0 fully saturated rings. The summed E-state index contributed by atoms with van der Waals surface area (Å²) in [5, 5.41) is 7.09. The van der Waals surface area contributed by atoms with E-state index in [0.29, 0.717) is 14.6 Å². The van der Waals surface area contributed by atoms with Gasteiger partial charge < -0.3 is 5.73 Å². The summed E-state index contributed by atoms with van der Waals surface area (Å²) >= 11 is 10.7. The number of nitrogens with zero attached hydrogens (tertiary/aromatic N) is 2. The number of sulfonamides is 1. The molecule has 0 unspecified atom stereocenters. The van der Waals surface area contributed by atoms with Crippen molar-refractivity contribution in [2.45, 2.75) is 4.34 Å². The molecule has 0 spiro atoms. The van der Waals surface area contributed by atoms with Crippen molar-refractivity contribution in [1.82, 2.24) is 10.2 Å². The summed E-state index contributed by atoms with van der Waals surface area (Å²) in [5.41, 5.74) is 5.75. The average Bonchev–Trinajstić information content (AvgIpc) is 2.71. The third-order valence-electron chi connectivity index (χ3n) is 1.90. The van der Waals surface area contributed by atoms with Crippen LogP contribution in [0.1, 0.15) is 0 Å². The van der Waals surface area contributed by atoms with Gasteiger partial charge >= 0.3 is 0 Å². The van der Waals surface area contributed by atoms with E-state index in [-0.39, 0.29) is 9.47 Å². The first-order valence-corrected chi connectivity index (χ1v) is 9.24. The molecule has 0 amide bonds. The van der Waals surface area contributed by atoms with Crippen molar-refractivity contribution in [3.8, 4) is 0 Å². The number of nitrogens with one attached hydrogen (secondary N) is 1. The zero-order valence-corrected chi connectivity index (χ0v) is 15.3. The number of halogens is 3. The Bertz CT molecular complexity index is 708. The molecule has 0 saturated heterocycles. The molecule has 0 atom stereocenters. The minimum Gasteiger partial charge on any atom is -0.374 e. The molecule has 0 saturated carbocycles. The second-order valence-corrected chi connectivity index (χ2v) is 8.75. The van der Waals surface area contributed by atoms with Crippen molar-refractivity contribution in [3.63, 3.8) is 0 Å². The lowest BCUT2D eigenvalue weighted by atomic mass is 10.3. The van der Waals surface area contributed by atoms with E-state index in [1.54, 1.807) is 12.1 Å². The Kier molecular flexibility index (Phi) is 4.50. The summed E-state index contributed by atoms with van der Waals surface area (Å²) in [6.07, 6.45) is 0. The van der Waals surface area contributed by atoms with Gasteiger partial charge in [-0.2, -0.15) is 8.42 Å². The van der Waals surface area contributed by atoms with Crippen LogP contribution in [0.2, 0.25) is 0 Å². The standard InChI is InChI=1S/C8H5Br3N4O2S2/c9-3-1-4(10)6(5(11)2-3)15-19(16,17)8-14-13-7(12)18-8/h1-2,15H,(H2,12,13). The van der Waals surface area contributed by atoms with E-state index in [1.165, 1.54) is 0 Å². The molecule has 2 rings (SSSR count). The number of hydrogen-bond acceptors (Lipinski definition) is 6. The molecule has 0 aliphatic rings. The van der Waals surface area contributed by atoms with Crippen LogP contribution in [0.3, 0.4) is 0 Å². The van der Waals surface area contributed by atoms with Crippen LogP contribution in [0.15, 0.2) is 29.9 Å². The fraction of sp³-hybridized carbons (Fsp3) is 0. The third kappa shape index (κ3) is 3.45. The summed E-state index contributed by atoms with van der Waals surface area (Å²) in [7, 11) is -3.81. The molecule has 0 aliphatic heterocycles. The maximum Gasteiger partial charge on any atom is 0.291 e. The molecule has 11 heteroatoms. The van der Waals surface area contributed by atoms with Crippen LogP contribution < -0.4 is 10.5 Å². The third-order valence-corrected chi connectivity index (χ3v) is 6.07. The fourth-order valence-corrected chi connectivity index (χ4v) is 5.75. The highest BCUT2D eigenvalue weighted by Crippen LogP contribution is 2.36. The molecule has 2 aromatic rings. The molecule has 1 heterocycles. The molecule has 0 aliphatic carbocycles. The molecule has 3 N–H and O–H groups in total. The smallest absolute Gasteiger partial charge is 0.291 e. The molecular formula is C8H5Br3N4O2S2. The van der Waals surface area contributed by atoms with Gasteiger partial charge in [0.05, 0.1) is 5.69 Å². The first-order valence-electron chi connectivity index (χ1n) is 4.56. The Labute approximate surface area is 138 Å². The molecule has 6 nitrogen and oxygen atoms in total. The van der Waals surface area contributed by atoms with Gasteiger partial charge in [-0.25, -0.2) is 0 Å². The van der Waals surface area contributed by atoms with Gasteiger partial charge in [-0.05, 0) is 44.0 Å². The largest absolute Gasteiger partial charge is 0.374 e. The Morgan fingerprint density at radius 3 is 2.21 bits per heavy atom. The maximum atomic E-state index is 12.1. The zero-order chi connectivity index (χ0) is 14.2. The van der Waals surface area contributed by atoms with Crippen molar-refractivity contribution in [1.29, 1.82) is 0 Å². The average molecular weight is 493 g/mol. The van der Waals surface area contributed by atoms with E-state index in [9.17, 15) is 8.42 Å². The van der Waals surface area contributed by atoms with E-state index >= 15 is 0 Å². The van der Waals surface area contributed by atoms with Gasteiger partial charge in [0.15, 0.2) is 0 Å². The maximum absolute atomic E-state index is 12.1. The van der Waals surface area contributed by atoms with Gasteiger partial charge in [0, 0.05) is 13.4 Å². The molecule has 1 aromatic heterocycles. The van der Waals surface area contributed by atoms with Crippen LogP contribution in [0, 0.1) is 0 Å². The summed E-state index contributed by atoms with van der Waals surface area (Å²) < 4.78 is 28.4. The van der Waals surface area contributed by atoms with Crippen LogP contribution >= 0.6 is 59.1 Å². The summed E-state index contributed by atoms with van der Waals surface area (Å²) in [5.74, 6) is 0. The predicted molar refractivity (Wildman–Crippen MR) is 84.7 cm³/mol. The van der Waals surface area contributed by atoms with Crippen LogP contribution in [0.5, 0.6) is 0 Å². The Morgan fingerprint density at radius 2 is 1.74 bits per heavy atom. The summed E-state index contributed by atoms with van der Waals surface area (Å²) in [4.78, 5) is 0. The van der Waals surface area contributed by atoms with Crippen molar-refractivity contribution in [3.05, 3.63) is 25.6 Å². The normalized spacial score (nSPS) is 11.5. The first kappa shape index (κ1) is 15.2. The van der Waals surface area contributed by atoms with Gasteiger partial charge in [0.1, 0.15) is 0 Å². The Hall–Kier alpha value is -0.230. The quantitative estimate of drug-likeness (QED) is 0.685. The molecule has 19 heavy (non-hydrogen) atoms. The van der Waals surface area contributed by atoms with Crippen LogP contribution in [0.25, 0.3) is 0 Å². The zero-order valence-electron chi connectivity index (χ0n) is 8.89. The topological polar surface area (TPSA) is 98.0 Å². The Balaban J connectivity index is 2.41. The van der Waals surface area contributed by atoms with E-state index in [1.807, 2.05) is 0 Å². The van der Waals surface area contributed by atoms with Crippen molar-refractivity contribution >= 4 is 80.0 Å². The fourth-order valence-electron chi connectivity index (χ4n) is 1.15. The minimum atomic E-state index is -3.81. The van der Waals surface area contributed by atoms with Crippen molar-refractivity contribution in [2.24, 2.45) is 0 Å². The van der Waals surface area contributed by atoms with Gasteiger partial charge in [-0.3, -0.25) is 4.72 Å². The molecule has 1 aromatic carbocycles. The molecule has 0 bridgehead atoms. The lowest BCUT2D eigenvalue weighted by molar-refractivity contribution is 0.599. The monoisotopic (exact) mass is 490 g/mol. The van der Waals surface area contributed by atoms with Crippen molar-refractivity contribution in [2.75, 3.05) is 10.5 Å². The Morgan fingerprint density at radius 1 is 1.16 bits per heavy atom. The van der Waals surface area contributed by atoms with Gasteiger partial charge in [-0.15, -0.1) is 10.2 Å². The molecular weight excluding hydrogens is 488 g/mol. The number of anilines is 2. The second kappa shape index (κ2) is 5.64. The lowest BCUT2D eigenvalue weighted by Crippen LogP contribution is -2.13. The number of nitrogen functional groups attached to an aromatic ring is 1. The summed E-state index contributed by atoms with van der Waals surface area (Å²) in [6, 6.07) is 3.44. The van der Waals surface area contributed by atoms with E-state index in [0.717, 1.165) is 15.8 Å². The van der Waals surface area contributed by atoms with E-state index < -0.39 is 10.0 Å². The van der Waals surface area contributed by atoms with E-state index in [2.05, 4.69) is 62.7 Å². The lowest BCUT2D eigenvalue weighted by Gasteiger charge is -2.10. The highest BCUT2D eigenvalue weighted by molar-refractivity contribution is 9.11. The number of benzene rings is 1. The number of hydrogen-bond donors (Lipinski definition) is 2. The first-order chi connectivity index (χ1) is 8.79. The van der Waals surface area contributed by atoms with Crippen molar-refractivity contribution < 1.29 is 8.42 Å². The molecule has 0 radical (unpaired) electrons. The van der Waals surface area contributed by atoms with Crippen LogP contribution in [-0.4, -0.2) is 18.6 Å². The minimum absolute atomic E-state index is 0.0920. The SMILES string of the molecule is Nc1nnc(S(=O)(=O)Nc2c(Br)cc(Br)cc2Br)s1. The van der Waals surface area contributed by atoms with Crippen LogP contribution in [-0.2, 0) is 10.0 Å². The number of nitrogens with two attached hydrogens (primary N) is 1. The number of rotatable bonds is 3. The number of aromatic nitrogens is 2. The highest BCUT2D eigenvalue weighted by Gasteiger charge is 2.22. The van der Waals surface area contributed by atoms with Gasteiger partial charge in [0.2, 0.25) is 5.13 Å². The second-order valence-electron chi connectivity index (χ2n) is 3.26. The molecule has 102 valence electrons. The summed E-state index contributed by atoms with van der Waals surface area (Å²) in [6.45, 7) is 0. The predicted octanol–water partition coefficient (Wildman–Crippen LogP) is 3.21. The van der Waals surface area contributed by atoms with Gasteiger partial charge in [-0.1, -0.05) is 27.3 Å². The van der Waals surface area contributed by atoms with E-state index in [4.69, 9.17) is 5.73 Å².